The maximum absolute atomic E-state index is 12.9. The first kappa shape index (κ1) is 83.7. The van der Waals surface area contributed by atoms with E-state index in [1.807, 2.05) is 21.1 Å². The second kappa shape index (κ2) is 67.1. The zero-order valence-electron chi connectivity index (χ0n) is 57.6. The summed E-state index contributed by atoms with van der Waals surface area (Å²) in [6.45, 7) is 4.37. The van der Waals surface area contributed by atoms with Gasteiger partial charge in [-0.05, 0) is 57.8 Å². The van der Waals surface area contributed by atoms with E-state index in [1.165, 1.54) is 250 Å². The summed E-state index contributed by atoms with van der Waals surface area (Å²) < 4.78 is 34.7. The summed E-state index contributed by atoms with van der Waals surface area (Å²) in [7, 11) is 1.48. The summed E-state index contributed by atoms with van der Waals surface area (Å²) in [4.78, 5) is 35.9. The Bertz CT molecular complexity index is 1630. The summed E-state index contributed by atoms with van der Waals surface area (Å²) in [5, 5.41) is 0. The van der Waals surface area contributed by atoms with Gasteiger partial charge in [-0.25, -0.2) is 4.57 Å². The van der Waals surface area contributed by atoms with E-state index in [2.05, 4.69) is 74.6 Å². The Hall–Kier alpha value is -2.29. The third-order valence-electron chi connectivity index (χ3n) is 16.6. The highest BCUT2D eigenvalue weighted by Gasteiger charge is 2.27. The largest absolute Gasteiger partial charge is 0.472 e. The number of carbonyl (C=O) groups is 2. The van der Waals surface area contributed by atoms with Crippen molar-refractivity contribution in [2.24, 2.45) is 0 Å². The van der Waals surface area contributed by atoms with Crippen molar-refractivity contribution in [2.45, 2.75) is 367 Å². The van der Waals surface area contributed by atoms with E-state index < -0.39 is 26.5 Å². The van der Waals surface area contributed by atoms with Gasteiger partial charge in [0.2, 0.25) is 0 Å². The van der Waals surface area contributed by atoms with Crippen molar-refractivity contribution in [1.29, 1.82) is 0 Å². The van der Waals surface area contributed by atoms with Crippen LogP contribution in [0.15, 0.2) is 60.8 Å². The van der Waals surface area contributed by atoms with Crippen LogP contribution in [0.1, 0.15) is 361 Å². The molecule has 86 heavy (non-hydrogen) atoms. The van der Waals surface area contributed by atoms with Gasteiger partial charge in [0.25, 0.3) is 0 Å². The number of nitrogens with zero attached hydrogens (tertiary/aromatic N) is 1. The van der Waals surface area contributed by atoms with Crippen LogP contribution in [0, 0.1) is 0 Å². The fourth-order valence-corrected chi connectivity index (χ4v) is 11.7. The summed E-state index contributed by atoms with van der Waals surface area (Å²) >= 11 is 0. The smallest absolute Gasteiger partial charge is 0.462 e. The lowest BCUT2D eigenvalue weighted by molar-refractivity contribution is -0.870. The second-order valence-corrected chi connectivity index (χ2v) is 27.8. The molecule has 0 fully saturated rings. The first-order valence-corrected chi connectivity index (χ1v) is 38.5. The molecule has 9 nitrogen and oxygen atoms in total. The van der Waals surface area contributed by atoms with Gasteiger partial charge in [0.05, 0.1) is 27.7 Å². The Balaban J connectivity index is 3.94. The first-order valence-electron chi connectivity index (χ1n) is 37.0. The Morgan fingerprint density at radius 1 is 0.372 bits per heavy atom. The third kappa shape index (κ3) is 70.8. The molecule has 0 aromatic carbocycles. The predicted molar refractivity (Wildman–Crippen MR) is 372 cm³/mol. The zero-order valence-corrected chi connectivity index (χ0v) is 58.5. The normalized spacial score (nSPS) is 13.4. The molecule has 2 atom stereocenters. The Morgan fingerprint density at radius 3 is 0.988 bits per heavy atom. The van der Waals surface area contributed by atoms with Gasteiger partial charge in [0.1, 0.15) is 19.8 Å². The lowest BCUT2D eigenvalue weighted by Gasteiger charge is -2.24. The van der Waals surface area contributed by atoms with Crippen LogP contribution in [0.5, 0.6) is 0 Å². The van der Waals surface area contributed by atoms with Crippen LogP contribution in [-0.4, -0.2) is 74.9 Å². The topological polar surface area (TPSA) is 108 Å². The summed E-state index contributed by atoms with van der Waals surface area (Å²) in [6.07, 6.45) is 89.3. The number of quaternary nitrogens is 1. The molecule has 0 aliphatic carbocycles. The lowest BCUT2D eigenvalue weighted by Crippen LogP contribution is -2.37. The van der Waals surface area contributed by atoms with E-state index >= 15 is 0 Å². The van der Waals surface area contributed by atoms with Crippen molar-refractivity contribution in [1.82, 2.24) is 0 Å². The van der Waals surface area contributed by atoms with Crippen molar-refractivity contribution >= 4 is 19.8 Å². The number of phosphoric ester groups is 1. The molecule has 0 amide bonds. The molecule has 504 valence electrons. The fourth-order valence-electron chi connectivity index (χ4n) is 10.9. The number of hydrogen-bond donors (Lipinski definition) is 1. The van der Waals surface area contributed by atoms with Crippen LogP contribution >= 0.6 is 7.82 Å². The van der Waals surface area contributed by atoms with E-state index in [0.717, 1.165) is 77.0 Å². The molecule has 0 aliphatic rings. The van der Waals surface area contributed by atoms with Gasteiger partial charge in [-0.2, -0.15) is 0 Å². The van der Waals surface area contributed by atoms with E-state index in [1.54, 1.807) is 0 Å². The zero-order chi connectivity index (χ0) is 62.6. The number of allylic oxidation sites excluding steroid dienone is 10. The van der Waals surface area contributed by atoms with Crippen LogP contribution in [0.4, 0.5) is 0 Å². The number of phosphoric acid groups is 1. The van der Waals surface area contributed by atoms with Crippen LogP contribution in [-0.2, 0) is 32.7 Å². The SMILES string of the molecule is CC/C=C\C/C=C\C/C=C\C/C=C\C/C=C\CCCCCCCCCCCC(=O)OC(COC(=O)CCCCCCCCCCCCCCCCCCCCCCCCCCCCCCCCCCCCCCC)COP(=O)(O)OCC[N+](C)(C)C. The van der Waals surface area contributed by atoms with Gasteiger partial charge >= 0.3 is 19.8 Å². The maximum atomic E-state index is 12.9. The standard InChI is InChI=1S/C76H142NO8P/c1-6-8-10-12-14-16-18-20-22-24-26-28-30-32-33-34-35-36-37-38-39-40-41-42-43-45-46-48-50-52-54-56-58-60-62-64-66-68-75(78)82-72-74(73-84-86(80,81)83-71-70-77(3,4)5)85-76(79)69-67-65-63-61-59-57-55-53-51-49-47-44-31-29-27-25-23-21-19-17-15-13-11-9-7-2/h9,11,15,17,21,23,27,29,44,47,74H,6-8,10,12-14,16,18-20,22,24-26,28,30-43,45-46,48-73H2,1-5H3/p+1/b11-9-,17-15-,23-21-,29-27-,47-44-. The van der Waals surface area contributed by atoms with E-state index in [0.29, 0.717) is 23.9 Å². The van der Waals surface area contributed by atoms with Gasteiger partial charge in [-0.1, -0.05) is 351 Å². The molecule has 0 heterocycles. The lowest BCUT2D eigenvalue weighted by atomic mass is 10.0. The summed E-state index contributed by atoms with van der Waals surface area (Å²) in [5.74, 6) is -0.790. The van der Waals surface area contributed by atoms with Crippen LogP contribution in [0.3, 0.4) is 0 Å². The van der Waals surface area contributed by atoms with Crippen molar-refractivity contribution < 1.29 is 42.1 Å². The number of rotatable bonds is 69. The average molecular weight is 1230 g/mol. The fraction of sp³-hybridized carbons (Fsp3) is 0.842. The van der Waals surface area contributed by atoms with Crippen LogP contribution in [0.25, 0.3) is 0 Å². The number of likely N-dealkylation sites (N-methyl/N-ethyl adjacent to an activating group) is 1. The van der Waals surface area contributed by atoms with Gasteiger partial charge in [0.15, 0.2) is 6.10 Å². The van der Waals surface area contributed by atoms with Crippen LogP contribution in [0.2, 0.25) is 0 Å². The Morgan fingerprint density at radius 2 is 0.663 bits per heavy atom. The van der Waals surface area contributed by atoms with Gasteiger partial charge < -0.3 is 18.9 Å². The minimum absolute atomic E-state index is 0.0301. The number of esters is 2. The minimum atomic E-state index is -4.40. The highest BCUT2D eigenvalue weighted by atomic mass is 31.2. The summed E-state index contributed by atoms with van der Waals surface area (Å²) in [6, 6.07) is 0. The molecular formula is C76H143NO8P+. The molecule has 10 heteroatoms. The molecule has 0 bridgehead atoms. The highest BCUT2D eigenvalue weighted by Crippen LogP contribution is 2.43. The van der Waals surface area contributed by atoms with Crippen molar-refractivity contribution in [3.8, 4) is 0 Å². The maximum Gasteiger partial charge on any atom is 0.472 e. The Labute approximate surface area is 534 Å². The summed E-state index contributed by atoms with van der Waals surface area (Å²) in [5.41, 5.74) is 0. The predicted octanol–water partition coefficient (Wildman–Crippen LogP) is 24.2. The molecule has 0 saturated heterocycles. The van der Waals surface area contributed by atoms with E-state index in [-0.39, 0.29) is 25.6 Å². The van der Waals surface area contributed by atoms with E-state index in [4.69, 9.17) is 18.5 Å². The minimum Gasteiger partial charge on any atom is -0.462 e. The number of unbranched alkanes of at least 4 members (excludes halogenated alkanes) is 45. The molecular weight excluding hydrogens is 1090 g/mol. The molecule has 0 aromatic rings. The third-order valence-corrected chi connectivity index (χ3v) is 17.5. The van der Waals surface area contributed by atoms with Crippen LogP contribution < -0.4 is 0 Å². The molecule has 0 radical (unpaired) electrons. The molecule has 0 rings (SSSR count). The molecule has 0 aliphatic heterocycles. The van der Waals surface area contributed by atoms with E-state index in [9.17, 15) is 19.0 Å². The highest BCUT2D eigenvalue weighted by molar-refractivity contribution is 7.47. The number of ether oxygens (including phenoxy) is 2. The average Bonchev–Trinajstić information content (AvgIpc) is 3.70. The quantitative estimate of drug-likeness (QED) is 0.0211. The molecule has 0 spiro atoms. The van der Waals surface area contributed by atoms with Crippen molar-refractivity contribution in [2.75, 3.05) is 47.5 Å². The molecule has 0 aromatic heterocycles. The molecule has 1 N–H and O–H groups in total. The first-order chi connectivity index (χ1) is 42.0. The molecule has 2 unspecified atom stereocenters. The second-order valence-electron chi connectivity index (χ2n) is 26.3. The van der Waals surface area contributed by atoms with Crippen molar-refractivity contribution in [3.05, 3.63) is 60.8 Å². The Kier molecular flexibility index (Phi) is 65.3. The van der Waals surface area contributed by atoms with Crippen molar-refractivity contribution in [3.63, 3.8) is 0 Å². The van der Waals surface area contributed by atoms with Gasteiger partial charge in [0, 0.05) is 12.8 Å². The number of carbonyl (C=O) groups excluding carboxylic acids is 2. The monoisotopic (exact) mass is 1230 g/mol. The molecule has 0 saturated carbocycles. The van der Waals surface area contributed by atoms with Gasteiger partial charge in [-0.3, -0.25) is 18.6 Å². The number of hydrogen-bond acceptors (Lipinski definition) is 7. The van der Waals surface area contributed by atoms with Gasteiger partial charge in [-0.15, -0.1) is 0 Å².